The van der Waals surface area contributed by atoms with E-state index in [1.54, 1.807) is 5.56 Å². The number of aryl methyl sites for hydroxylation is 1. The Balaban J connectivity index is 2.31. The van der Waals surface area contributed by atoms with Gasteiger partial charge in [0.25, 0.3) is 0 Å². The summed E-state index contributed by atoms with van der Waals surface area (Å²) in [5.41, 5.74) is 4.49. The van der Waals surface area contributed by atoms with Crippen LogP contribution in [0.1, 0.15) is 37.3 Å². The average molecular weight is 232 g/mol. The lowest BCUT2D eigenvalue weighted by atomic mass is 9.94. The second kappa shape index (κ2) is 5.09. The fourth-order valence-corrected chi connectivity index (χ4v) is 2.92. The molecule has 0 bridgehead atoms. The van der Waals surface area contributed by atoms with Gasteiger partial charge in [-0.1, -0.05) is 12.1 Å². The van der Waals surface area contributed by atoms with Gasteiger partial charge in [-0.25, -0.2) is 0 Å². The number of fused-ring (bicyclic) bond motifs is 1. The van der Waals surface area contributed by atoms with Gasteiger partial charge in [0.05, 0.1) is 0 Å². The van der Waals surface area contributed by atoms with Gasteiger partial charge in [0, 0.05) is 24.2 Å². The summed E-state index contributed by atoms with van der Waals surface area (Å²) in [6.45, 7) is 9.10. The first-order valence-electron chi connectivity index (χ1n) is 6.66. The first kappa shape index (κ1) is 12.4. The number of anilines is 1. The van der Waals surface area contributed by atoms with E-state index in [-0.39, 0.29) is 0 Å². The first-order valence-corrected chi connectivity index (χ1v) is 6.66. The molecule has 0 aliphatic carbocycles. The molecule has 0 fully saturated rings. The van der Waals surface area contributed by atoms with Crippen LogP contribution < -0.4 is 10.2 Å². The van der Waals surface area contributed by atoms with E-state index in [9.17, 15) is 0 Å². The van der Waals surface area contributed by atoms with Crippen LogP contribution in [0, 0.1) is 6.92 Å². The lowest BCUT2D eigenvalue weighted by Gasteiger charge is -2.24. The van der Waals surface area contributed by atoms with Crippen LogP contribution >= 0.6 is 0 Å². The number of hydrogen-bond acceptors (Lipinski definition) is 2. The van der Waals surface area contributed by atoms with Gasteiger partial charge in [0.1, 0.15) is 0 Å². The second-order valence-electron chi connectivity index (χ2n) is 5.34. The molecule has 1 aromatic carbocycles. The van der Waals surface area contributed by atoms with Crippen LogP contribution in [0.3, 0.4) is 0 Å². The van der Waals surface area contributed by atoms with E-state index >= 15 is 0 Å². The van der Waals surface area contributed by atoms with Crippen LogP contribution in [0.2, 0.25) is 0 Å². The van der Waals surface area contributed by atoms with Gasteiger partial charge in [-0.3, -0.25) is 0 Å². The molecule has 2 rings (SSSR count). The Morgan fingerprint density at radius 2 is 2.18 bits per heavy atom. The predicted octanol–water partition coefficient (Wildman–Crippen LogP) is 2.92. The first-order chi connectivity index (χ1) is 8.15. The van der Waals surface area contributed by atoms with Crippen molar-refractivity contribution in [3.8, 4) is 0 Å². The maximum absolute atomic E-state index is 3.27. The largest absolute Gasteiger partial charge is 0.368 e. The maximum Gasteiger partial charge on any atom is 0.0407 e. The SMILES string of the molecule is CNCCC1CN(C(C)C)c2cccc(C)c21. The van der Waals surface area contributed by atoms with Crippen molar-refractivity contribution in [3.63, 3.8) is 0 Å². The van der Waals surface area contributed by atoms with E-state index in [0.29, 0.717) is 12.0 Å². The topological polar surface area (TPSA) is 15.3 Å². The highest BCUT2D eigenvalue weighted by Crippen LogP contribution is 2.40. The molecule has 0 saturated carbocycles. The third-order valence-corrected chi connectivity index (χ3v) is 3.80. The number of nitrogens with zero attached hydrogens (tertiary/aromatic N) is 1. The minimum absolute atomic E-state index is 0.593. The van der Waals surface area contributed by atoms with Crippen molar-refractivity contribution in [2.75, 3.05) is 25.0 Å². The summed E-state index contributed by atoms with van der Waals surface area (Å²) in [6.07, 6.45) is 1.23. The minimum atomic E-state index is 0.593. The van der Waals surface area contributed by atoms with Crippen LogP contribution in [0.15, 0.2) is 18.2 Å². The Hall–Kier alpha value is -1.02. The van der Waals surface area contributed by atoms with Crippen molar-refractivity contribution in [2.24, 2.45) is 0 Å². The van der Waals surface area contributed by atoms with Gasteiger partial charge in [-0.15, -0.1) is 0 Å². The van der Waals surface area contributed by atoms with Gasteiger partial charge in [0.15, 0.2) is 0 Å². The molecule has 1 unspecified atom stereocenters. The summed E-state index contributed by atoms with van der Waals surface area (Å²) in [5, 5.41) is 3.27. The summed E-state index contributed by atoms with van der Waals surface area (Å²) in [4.78, 5) is 2.54. The van der Waals surface area contributed by atoms with E-state index in [4.69, 9.17) is 0 Å². The van der Waals surface area contributed by atoms with Crippen molar-refractivity contribution < 1.29 is 0 Å². The molecule has 0 saturated heterocycles. The molecule has 94 valence electrons. The number of hydrogen-bond donors (Lipinski definition) is 1. The Kier molecular flexibility index (Phi) is 3.72. The smallest absolute Gasteiger partial charge is 0.0407 e. The average Bonchev–Trinajstić information content (AvgIpc) is 2.67. The highest BCUT2D eigenvalue weighted by molar-refractivity contribution is 5.63. The highest BCUT2D eigenvalue weighted by atomic mass is 15.2. The Bertz CT molecular complexity index is 385. The van der Waals surface area contributed by atoms with Gasteiger partial charge in [-0.05, 0) is 58.0 Å². The molecule has 2 nitrogen and oxygen atoms in total. The minimum Gasteiger partial charge on any atom is -0.368 e. The van der Waals surface area contributed by atoms with Crippen LogP contribution in [0.25, 0.3) is 0 Å². The van der Waals surface area contributed by atoms with E-state index in [1.807, 2.05) is 7.05 Å². The molecule has 1 N–H and O–H groups in total. The monoisotopic (exact) mass is 232 g/mol. The fraction of sp³-hybridized carbons (Fsp3) is 0.600. The Morgan fingerprint density at radius 1 is 1.41 bits per heavy atom. The summed E-state index contributed by atoms with van der Waals surface area (Å²) >= 11 is 0. The van der Waals surface area contributed by atoms with Gasteiger partial charge >= 0.3 is 0 Å². The standard InChI is InChI=1S/C15H24N2/c1-11(2)17-10-13(8-9-16-4)15-12(3)6-5-7-14(15)17/h5-7,11,13,16H,8-10H2,1-4H3. The molecule has 1 aromatic rings. The molecule has 1 heterocycles. The Labute approximate surface area is 105 Å². The zero-order chi connectivity index (χ0) is 12.4. The molecule has 0 radical (unpaired) electrons. The zero-order valence-electron chi connectivity index (χ0n) is 11.5. The molecule has 1 atom stereocenters. The van der Waals surface area contributed by atoms with Crippen molar-refractivity contribution in [2.45, 2.75) is 39.2 Å². The third kappa shape index (κ3) is 2.32. The molecule has 17 heavy (non-hydrogen) atoms. The third-order valence-electron chi connectivity index (χ3n) is 3.80. The summed E-state index contributed by atoms with van der Waals surface area (Å²) in [5.74, 6) is 0.695. The van der Waals surface area contributed by atoms with Gasteiger partial charge < -0.3 is 10.2 Å². The molecule has 0 amide bonds. The fourth-order valence-electron chi connectivity index (χ4n) is 2.92. The zero-order valence-corrected chi connectivity index (χ0v) is 11.5. The molecule has 0 spiro atoms. The van der Waals surface area contributed by atoms with Crippen molar-refractivity contribution in [3.05, 3.63) is 29.3 Å². The van der Waals surface area contributed by atoms with E-state index in [1.165, 1.54) is 24.2 Å². The molecule has 1 aliphatic heterocycles. The molecule has 2 heteroatoms. The van der Waals surface area contributed by atoms with Crippen LogP contribution in [0.5, 0.6) is 0 Å². The molecular weight excluding hydrogens is 208 g/mol. The molecular formula is C15H24N2. The maximum atomic E-state index is 3.27. The van der Waals surface area contributed by atoms with E-state index in [2.05, 4.69) is 49.2 Å². The highest BCUT2D eigenvalue weighted by Gasteiger charge is 2.30. The van der Waals surface area contributed by atoms with Gasteiger partial charge in [-0.2, -0.15) is 0 Å². The van der Waals surface area contributed by atoms with Crippen LogP contribution in [0.4, 0.5) is 5.69 Å². The van der Waals surface area contributed by atoms with Crippen LogP contribution in [-0.4, -0.2) is 26.2 Å². The van der Waals surface area contributed by atoms with Gasteiger partial charge in [0.2, 0.25) is 0 Å². The normalized spacial score (nSPS) is 18.9. The summed E-state index contributed by atoms with van der Waals surface area (Å²) in [7, 11) is 2.04. The van der Waals surface area contributed by atoms with Crippen LogP contribution in [-0.2, 0) is 0 Å². The summed E-state index contributed by atoms with van der Waals surface area (Å²) in [6, 6.07) is 7.30. The summed E-state index contributed by atoms with van der Waals surface area (Å²) < 4.78 is 0. The number of nitrogens with one attached hydrogen (secondary N) is 1. The predicted molar refractivity (Wildman–Crippen MR) is 74.9 cm³/mol. The quantitative estimate of drug-likeness (QED) is 0.858. The van der Waals surface area contributed by atoms with Crippen molar-refractivity contribution >= 4 is 5.69 Å². The second-order valence-corrected chi connectivity index (χ2v) is 5.34. The van der Waals surface area contributed by atoms with Crippen molar-refractivity contribution in [1.29, 1.82) is 0 Å². The van der Waals surface area contributed by atoms with Crippen molar-refractivity contribution in [1.82, 2.24) is 5.32 Å². The lowest BCUT2D eigenvalue weighted by molar-refractivity contribution is 0.586. The lowest BCUT2D eigenvalue weighted by Crippen LogP contribution is -2.29. The van der Waals surface area contributed by atoms with E-state index in [0.717, 1.165) is 6.54 Å². The number of rotatable bonds is 4. The number of benzene rings is 1. The molecule has 0 aromatic heterocycles. The van der Waals surface area contributed by atoms with E-state index < -0.39 is 0 Å². The molecule has 1 aliphatic rings. The Morgan fingerprint density at radius 3 is 2.82 bits per heavy atom.